The van der Waals surface area contributed by atoms with Crippen LogP contribution in [0, 0.1) is 0 Å². The van der Waals surface area contributed by atoms with Gasteiger partial charge in [-0.25, -0.2) is 0 Å². The van der Waals surface area contributed by atoms with Crippen LogP contribution >= 0.6 is 0 Å². The highest BCUT2D eigenvalue weighted by Gasteiger charge is 2.43. The molecule has 0 aromatic rings. The normalized spacial score (nSPS) is 26.6. The van der Waals surface area contributed by atoms with Gasteiger partial charge in [-0.05, 0) is 34.1 Å². The molecule has 4 heteroatoms. The lowest BCUT2D eigenvalue weighted by molar-refractivity contribution is -0.151. The zero-order valence-electron chi connectivity index (χ0n) is 11.0. The summed E-state index contributed by atoms with van der Waals surface area (Å²) >= 11 is 0. The smallest absolute Gasteiger partial charge is 0.240 e. The molecule has 0 aromatic carbocycles. The summed E-state index contributed by atoms with van der Waals surface area (Å²) in [7, 11) is 1.85. The maximum Gasteiger partial charge on any atom is 0.240 e. The second-order valence-electron chi connectivity index (χ2n) is 5.50. The molecule has 0 aliphatic carbocycles. The lowest BCUT2D eigenvalue weighted by Gasteiger charge is -2.50. The maximum absolute atomic E-state index is 12.2. The topological polar surface area (TPSA) is 43.8 Å². The third-order valence-electron chi connectivity index (χ3n) is 3.56. The van der Waals surface area contributed by atoms with Crippen molar-refractivity contribution in [3.63, 3.8) is 0 Å². The summed E-state index contributed by atoms with van der Waals surface area (Å²) in [5.41, 5.74) is -0.132. The van der Waals surface area contributed by atoms with E-state index in [0.717, 1.165) is 6.54 Å². The number of carbonyl (C=O) groups is 1. The molecule has 0 saturated carbocycles. The van der Waals surface area contributed by atoms with Gasteiger partial charge in [-0.3, -0.25) is 9.69 Å². The number of amides is 1. The third kappa shape index (κ3) is 2.38. The van der Waals surface area contributed by atoms with Crippen LogP contribution in [0.15, 0.2) is 0 Å². The van der Waals surface area contributed by atoms with Gasteiger partial charge < -0.3 is 10.0 Å². The molecule has 1 heterocycles. The predicted molar refractivity (Wildman–Crippen MR) is 64.2 cm³/mol. The van der Waals surface area contributed by atoms with Crippen molar-refractivity contribution in [2.75, 3.05) is 20.2 Å². The average molecular weight is 228 g/mol. The highest BCUT2D eigenvalue weighted by molar-refractivity contribution is 5.83. The fourth-order valence-electron chi connectivity index (χ4n) is 2.28. The molecule has 0 spiro atoms. The van der Waals surface area contributed by atoms with Crippen molar-refractivity contribution in [2.45, 2.75) is 51.7 Å². The van der Waals surface area contributed by atoms with Crippen LogP contribution in [0.25, 0.3) is 0 Å². The molecule has 16 heavy (non-hydrogen) atoms. The molecule has 1 aliphatic heterocycles. The summed E-state index contributed by atoms with van der Waals surface area (Å²) in [6.45, 7) is 9.27. The summed E-state index contributed by atoms with van der Waals surface area (Å²) < 4.78 is 0. The lowest BCUT2D eigenvalue weighted by atomic mass is 9.93. The summed E-state index contributed by atoms with van der Waals surface area (Å²) in [6, 6.07) is 0.163. The van der Waals surface area contributed by atoms with Crippen LogP contribution in [0.2, 0.25) is 0 Å². The molecule has 0 radical (unpaired) electrons. The number of hydrogen-bond donors (Lipinski definition) is 1. The number of aliphatic hydroxyl groups is 1. The van der Waals surface area contributed by atoms with Gasteiger partial charge in [0.2, 0.25) is 5.91 Å². The largest absolute Gasteiger partial charge is 0.396 e. The summed E-state index contributed by atoms with van der Waals surface area (Å²) in [5, 5.41) is 9.05. The molecular formula is C12H24N2O2. The number of hydrogen-bond acceptors (Lipinski definition) is 3. The average Bonchev–Trinajstić information content (AvgIpc) is 2.19. The van der Waals surface area contributed by atoms with Crippen LogP contribution in [-0.4, -0.2) is 58.6 Å². The molecule has 1 unspecified atom stereocenters. The first-order valence-corrected chi connectivity index (χ1v) is 5.95. The Morgan fingerprint density at radius 3 is 2.50 bits per heavy atom. The van der Waals surface area contributed by atoms with E-state index < -0.39 is 0 Å². The zero-order valence-corrected chi connectivity index (χ0v) is 11.0. The number of nitrogens with zero attached hydrogens (tertiary/aromatic N) is 2. The van der Waals surface area contributed by atoms with E-state index in [9.17, 15) is 4.79 Å². The molecule has 1 atom stereocenters. The van der Waals surface area contributed by atoms with Crippen LogP contribution in [0.4, 0.5) is 0 Å². The molecule has 0 bridgehead atoms. The molecule has 1 amide bonds. The second kappa shape index (κ2) is 4.72. The summed E-state index contributed by atoms with van der Waals surface area (Å²) in [6.07, 6.45) is 0.525. The first-order valence-electron chi connectivity index (χ1n) is 5.95. The molecule has 94 valence electrons. The molecular weight excluding hydrogens is 204 g/mol. The minimum absolute atomic E-state index is 0.0634. The molecule has 1 fully saturated rings. The quantitative estimate of drug-likeness (QED) is 0.773. The van der Waals surface area contributed by atoms with Crippen molar-refractivity contribution < 1.29 is 9.90 Å². The Bertz CT molecular complexity index is 264. The van der Waals surface area contributed by atoms with Gasteiger partial charge in [-0.15, -0.1) is 0 Å². The second-order valence-corrected chi connectivity index (χ2v) is 5.50. The standard InChI is InChI=1S/C12H24N2O2/c1-9(2)14-8-12(3,4)13(5)11(16)10(14)6-7-15/h9-10,15H,6-8H2,1-5H3. The van der Waals surface area contributed by atoms with Crippen molar-refractivity contribution in [1.82, 2.24) is 9.80 Å². The molecule has 1 saturated heterocycles. The van der Waals surface area contributed by atoms with Crippen LogP contribution in [0.3, 0.4) is 0 Å². The van der Waals surface area contributed by atoms with E-state index in [4.69, 9.17) is 5.11 Å². The van der Waals surface area contributed by atoms with Gasteiger partial charge in [-0.2, -0.15) is 0 Å². The number of rotatable bonds is 3. The SMILES string of the molecule is CC(C)N1CC(C)(C)N(C)C(=O)C1CCO. The van der Waals surface area contributed by atoms with Crippen LogP contribution in [-0.2, 0) is 4.79 Å². The van der Waals surface area contributed by atoms with Crippen LogP contribution < -0.4 is 0 Å². The highest BCUT2D eigenvalue weighted by atomic mass is 16.3. The Balaban J connectivity index is 2.93. The number of aliphatic hydroxyl groups excluding tert-OH is 1. The van der Waals surface area contributed by atoms with Gasteiger partial charge in [0.25, 0.3) is 0 Å². The van der Waals surface area contributed by atoms with Gasteiger partial charge in [-0.1, -0.05) is 0 Å². The molecule has 1 N–H and O–H groups in total. The first kappa shape index (κ1) is 13.5. The first-order chi connectivity index (χ1) is 7.31. The minimum Gasteiger partial charge on any atom is -0.396 e. The van der Waals surface area contributed by atoms with Gasteiger partial charge in [0.1, 0.15) is 0 Å². The van der Waals surface area contributed by atoms with Crippen molar-refractivity contribution in [3.8, 4) is 0 Å². The van der Waals surface area contributed by atoms with E-state index in [1.54, 1.807) is 0 Å². The van der Waals surface area contributed by atoms with Gasteiger partial charge in [0, 0.05) is 31.8 Å². The fourth-order valence-corrected chi connectivity index (χ4v) is 2.28. The number of piperazine rings is 1. The Hall–Kier alpha value is -0.610. The summed E-state index contributed by atoms with van der Waals surface area (Å²) in [4.78, 5) is 16.2. The van der Waals surface area contributed by atoms with E-state index in [-0.39, 0.29) is 24.1 Å². The Morgan fingerprint density at radius 2 is 2.06 bits per heavy atom. The third-order valence-corrected chi connectivity index (χ3v) is 3.56. The highest BCUT2D eigenvalue weighted by Crippen LogP contribution is 2.26. The Morgan fingerprint density at radius 1 is 1.50 bits per heavy atom. The van der Waals surface area contributed by atoms with Crippen LogP contribution in [0.5, 0.6) is 0 Å². The van der Waals surface area contributed by atoms with Crippen LogP contribution in [0.1, 0.15) is 34.1 Å². The van der Waals surface area contributed by atoms with Crippen molar-refractivity contribution in [2.24, 2.45) is 0 Å². The number of carbonyl (C=O) groups excluding carboxylic acids is 1. The molecule has 1 rings (SSSR count). The Kier molecular flexibility index (Phi) is 3.97. The Labute approximate surface area is 98.2 Å². The van der Waals surface area contributed by atoms with E-state index in [0.29, 0.717) is 12.5 Å². The van der Waals surface area contributed by atoms with Crippen molar-refractivity contribution >= 4 is 5.91 Å². The molecule has 0 aromatic heterocycles. The summed E-state index contributed by atoms with van der Waals surface area (Å²) in [5.74, 6) is 0.124. The van der Waals surface area contributed by atoms with Gasteiger partial charge in [0.05, 0.1) is 6.04 Å². The lowest BCUT2D eigenvalue weighted by Crippen LogP contribution is -2.66. The van der Waals surface area contributed by atoms with Crippen molar-refractivity contribution in [3.05, 3.63) is 0 Å². The van der Waals surface area contributed by atoms with E-state index >= 15 is 0 Å². The predicted octanol–water partition coefficient (Wildman–Crippen LogP) is 0.698. The van der Waals surface area contributed by atoms with Gasteiger partial charge >= 0.3 is 0 Å². The maximum atomic E-state index is 12.2. The zero-order chi connectivity index (χ0) is 12.5. The van der Waals surface area contributed by atoms with Gasteiger partial charge in [0.15, 0.2) is 0 Å². The van der Waals surface area contributed by atoms with E-state index in [1.165, 1.54) is 0 Å². The van der Waals surface area contributed by atoms with E-state index in [2.05, 4.69) is 32.6 Å². The monoisotopic (exact) mass is 228 g/mol. The molecule has 1 aliphatic rings. The molecule has 4 nitrogen and oxygen atoms in total. The number of likely N-dealkylation sites (N-methyl/N-ethyl adjacent to an activating group) is 1. The minimum atomic E-state index is -0.164. The van der Waals surface area contributed by atoms with Crippen molar-refractivity contribution in [1.29, 1.82) is 0 Å². The fraction of sp³-hybridized carbons (Fsp3) is 0.917. The van der Waals surface area contributed by atoms with E-state index in [1.807, 2.05) is 11.9 Å².